The first-order chi connectivity index (χ1) is 8.45. The highest BCUT2D eigenvalue weighted by Gasteiger charge is 2.28. The molecule has 2 heteroatoms. The average molecular weight is 223 g/mol. The van der Waals surface area contributed by atoms with Crippen LogP contribution in [0.2, 0.25) is 0 Å². The van der Waals surface area contributed by atoms with Gasteiger partial charge in [-0.1, -0.05) is 60.7 Å². The second-order valence-corrected chi connectivity index (χ2v) is 4.08. The first-order valence-electron chi connectivity index (χ1n) is 5.72. The lowest BCUT2D eigenvalue weighted by Crippen LogP contribution is -2.06. The lowest BCUT2D eigenvalue weighted by Gasteiger charge is -2.17. The summed E-state index contributed by atoms with van der Waals surface area (Å²) in [5.41, 5.74) is 2.36. The van der Waals surface area contributed by atoms with Crippen LogP contribution < -0.4 is 0 Å². The maximum atomic E-state index is 5.61. The highest BCUT2D eigenvalue weighted by atomic mass is 16.5. The predicted molar refractivity (Wildman–Crippen MR) is 67.9 cm³/mol. The molecule has 2 aromatic carbocycles. The average Bonchev–Trinajstić information content (AvgIpc) is 2.90. The van der Waals surface area contributed by atoms with Crippen molar-refractivity contribution in [2.75, 3.05) is 0 Å². The molecule has 84 valence electrons. The van der Waals surface area contributed by atoms with Gasteiger partial charge in [0.2, 0.25) is 0 Å². The van der Waals surface area contributed by atoms with Gasteiger partial charge >= 0.3 is 0 Å². The summed E-state index contributed by atoms with van der Waals surface area (Å²) in [7, 11) is 0. The Kier molecular flexibility index (Phi) is 2.62. The molecule has 0 fully saturated rings. The van der Waals surface area contributed by atoms with Gasteiger partial charge < -0.3 is 4.74 Å². The maximum Gasteiger partial charge on any atom is 0.171 e. The molecule has 0 saturated carbocycles. The number of aliphatic imine (C=N–C) groups is 1. The van der Waals surface area contributed by atoms with Gasteiger partial charge in [-0.05, 0) is 11.1 Å². The number of benzene rings is 2. The van der Waals surface area contributed by atoms with Crippen LogP contribution >= 0.6 is 0 Å². The van der Waals surface area contributed by atoms with Gasteiger partial charge in [0.1, 0.15) is 6.04 Å². The van der Waals surface area contributed by atoms with Crippen molar-refractivity contribution in [2.24, 2.45) is 4.99 Å². The molecule has 0 amide bonds. The molecule has 2 atom stereocenters. The van der Waals surface area contributed by atoms with Gasteiger partial charge in [-0.15, -0.1) is 0 Å². The van der Waals surface area contributed by atoms with E-state index < -0.39 is 0 Å². The van der Waals surface area contributed by atoms with Gasteiger partial charge in [0.15, 0.2) is 12.5 Å². The summed E-state index contributed by atoms with van der Waals surface area (Å²) in [4.78, 5) is 4.42. The van der Waals surface area contributed by atoms with E-state index >= 15 is 0 Å². The molecule has 0 bridgehead atoms. The molecule has 0 N–H and O–H groups in total. The number of hydrogen-bond acceptors (Lipinski definition) is 2. The molecule has 3 rings (SSSR count). The first-order valence-corrected chi connectivity index (χ1v) is 5.72. The molecule has 1 aliphatic heterocycles. The van der Waals surface area contributed by atoms with Crippen molar-refractivity contribution >= 4 is 6.40 Å². The van der Waals surface area contributed by atoms with E-state index in [1.54, 1.807) is 6.40 Å². The summed E-state index contributed by atoms with van der Waals surface area (Å²) in [6, 6.07) is 20.6. The van der Waals surface area contributed by atoms with Crippen LogP contribution in [0.1, 0.15) is 23.3 Å². The molecule has 2 unspecified atom stereocenters. The van der Waals surface area contributed by atoms with Crippen LogP contribution in [0.4, 0.5) is 0 Å². The Bertz CT molecular complexity index is 507. The van der Waals surface area contributed by atoms with Crippen molar-refractivity contribution in [3.63, 3.8) is 0 Å². The standard InChI is InChI=1S/C15H13NO/c1-3-7-12(8-4-1)14-15(17-11-16-14)13-9-5-2-6-10-13/h1-11,14-15H. The minimum absolute atomic E-state index is 0.00130. The molecule has 0 saturated heterocycles. The van der Waals surface area contributed by atoms with Crippen LogP contribution in [0.25, 0.3) is 0 Å². The SMILES string of the molecule is C1=NC(c2ccccc2)C(c2ccccc2)O1. The largest absolute Gasteiger partial charge is 0.473 e. The van der Waals surface area contributed by atoms with Crippen LogP contribution in [-0.2, 0) is 4.74 Å². The minimum atomic E-state index is -0.00130. The lowest BCUT2D eigenvalue weighted by atomic mass is 9.97. The Morgan fingerprint density at radius 1 is 0.765 bits per heavy atom. The monoisotopic (exact) mass is 223 g/mol. The summed E-state index contributed by atoms with van der Waals surface area (Å²) in [5.74, 6) is 0. The zero-order valence-electron chi connectivity index (χ0n) is 9.36. The van der Waals surface area contributed by atoms with Crippen molar-refractivity contribution in [1.82, 2.24) is 0 Å². The van der Waals surface area contributed by atoms with Crippen LogP contribution in [0, 0.1) is 0 Å². The van der Waals surface area contributed by atoms with Crippen molar-refractivity contribution in [2.45, 2.75) is 12.1 Å². The highest BCUT2D eigenvalue weighted by Crippen LogP contribution is 2.37. The van der Waals surface area contributed by atoms with Gasteiger partial charge in [-0.3, -0.25) is 0 Å². The van der Waals surface area contributed by atoms with Crippen molar-refractivity contribution in [3.8, 4) is 0 Å². The third-order valence-corrected chi connectivity index (χ3v) is 2.98. The molecule has 0 radical (unpaired) electrons. The molecule has 2 aromatic rings. The number of rotatable bonds is 2. The Labute approximate surface area is 101 Å². The van der Waals surface area contributed by atoms with Crippen LogP contribution in [0.15, 0.2) is 65.7 Å². The molecule has 2 nitrogen and oxygen atoms in total. The van der Waals surface area contributed by atoms with E-state index in [2.05, 4.69) is 29.3 Å². The maximum absolute atomic E-state index is 5.61. The van der Waals surface area contributed by atoms with Crippen LogP contribution in [0.5, 0.6) is 0 Å². The number of ether oxygens (including phenoxy) is 1. The number of hydrogen-bond donors (Lipinski definition) is 0. The van der Waals surface area contributed by atoms with E-state index in [-0.39, 0.29) is 12.1 Å². The first kappa shape index (κ1) is 10.1. The summed E-state index contributed by atoms with van der Waals surface area (Å²) in [6.45, 7) is 0. The molecule has 1 heterocycles. The summed E-state index contributed by atoms with van der Waals surface area (Å²) in [5, 5.41) is 0. The fourth-order valence-electron chi connectivity index (χ4n) is 2.13. The molecule has 17 heavy (non-hydrogen) atoms. The predicted octanol–water partition coefficient (Wildman–Crippen LogP) is 3.53. The van der Waals surface area contributed by atoms with E-state index in [0.717, 1.165) is 0 Å². The molecule has 1 aliphatic rings. The Morgan fingerprint density at radius 2 is 1.35 bits per heavy atom. The minimum Gasteiger partial charge on any atom is -0.473 e. The van der Waals surface area contributed by atoms with E-state index in [1.807, 2.05) is 36.4 Å². The summed E-state index contributed by atoms with van der Waals surface area (Å²) >= 11 is 0. The van der Waals surface area contributed by atoms with Crippen molar-refractivity contribution in [1.29, 1.82) is 0 Å². The van der Waals surface area contributed by atoms with E-state index in [9.17, 15) is 0 Å². The Morgan fingerprint density at radius 3 is 2.00 bits per heavy atom. The summed E-state index contributed by atoms with van der Waals surface area (Å²) in [6.07, 6.45) is 1.56. The summed E-state index contributed by atoms with van der Waals surface area (Å²) < 4.78 is 5.61. The Hall–Kier alpha value is -2.09. The third-order valence-electron chi connectivity index (χ3n) is 2.98. The Balaban J connectivity index is 1.93. The second kappa shape index (κ2) is 4.42. The van der Waals surface area contributed by atoms with E-state index in [4.69, 9.17) is 4.74 Å². The van der Waals surface area contributed by atoms with Crippen LogP contribution in [-0.4, -0.2) is 6.40 Å². The second-order valence-electron chi connectivity index (χ2n) is 4.08. The fraction of sp³-hybridized carbons (Fsp3) is 0.133. The van der Waals surface area contributed by atoms with Crippen LogP contribution in [0.3, 0.4) is 0 Å². The zero-order valence-corrected chi connectivity index (χ0v) is 9.36. The topological polar surface area (TPSA) is 21.6 Å². The van der Waals surface area contributed by atoms with Crippen molar-refractivity contribution < 1.29 is 4.74 Å². The molecule has 0 aromatic heterocycles. The van der Waals surface area contributed by atoms with Gasteiger partial charge in [0.25, 0.3) is 0 Å². The highest BCUT2D eigenvalue weighted by molar-refractivity contribution is 5.52. The smallest absolute Gasteiger partial charge is 0.171 e. The normalized spacial score (nSPS) is 22.4. The quantitative estimate of drug-likeness (QED) is 0.763. The van der Waals surface area contributed by atoms with Gasteiger partial charge in [-0.2, -0.15) is 0 Å². The van der Waals surface area contributed by atoms with E-state index in [1.165, 1.54) is 11.1 Å². The van der Waals surface area contributed by atoms with Gasteiger partial charge in [0.05, 0.1) is 0 Å². The fourth-order valence-corrected chi connectivity index (χ4v) is 2.13. The van der Waals surface area contributed by atoms with E-state index in [0.29, 0.717) is 0 Å². The lowest BCUT2D eigenvalue weighted by molar-refractivity contribution is 0.205. The van der Waals surface area contributed by atoms with Gasteiger partial charge in [0, 0.05) is 0 Å². The molecular formula is C15H13NO. The number of nitrogens with zero attached hydrogens (tertiary/aromatic N) is 1. The molecule has 0 aliphatic carbocycles. The third kappa shape index (κ3) is 1.94. The van der Waals surface area contributed by atoms with Crippen molar-refractivity contribution in [3.05, 3.63) is 71.8 Å². The zero-order chi connectivity index (χ0) is 11.5. The molecular weight excluding hydrogens is 210 g/mol. The molecule has 0 spiro atoms. The van der Waals surface area contributed by atoms with Gasteiger partial charge in [-0.25, -0.2) is 4.99 Å².